The Bertz CT molecular complexity index is 273. The molecule has 0 unspecified atom stereocenters. The number of ketones is 1. The summed E-state index contributed by atoms with van der Waals surface area (Å²) in [6.07, 6.45) is 0. The van der Waals surface area contributed by atoms with E-state index in [1.165, 1.54) is 0 Å². The van der Waals surface area contributed by atoms with E-state index in [9.17, 15) is 4.79 Å². The average molecular weight is 280 g/mol. The first-order chi connectivity index (χ1) is 5.24. The lowest BCUT2D eigenvalue weighted by molar-refractivity contribution is 0.102. The van der Waals surface area contributed by atoms with Crippen molar-refractivity contribution in [2.24, 2.45) is 0 Å². The van der Waals surface area contributed by atoms with Gasteiger partial charge in [0.15, 0.2) is 5.78 Å². The highest BCUT2D eigenvalue weighted by Crippen LogP contribution is 2.08. The molecule has 0 aliphatic carbocycles. The Hall–Kier alpha value is -0.0900. The van der Waals surface area contributed by atoms with E-state index in [1.807, 2.05) is 18.2 Å². The van der Waals surface area contributed by atoms with Crippen molar-refractivity contribution >= 4 is 40.0 Å². The number of halogens is 2. The molecule has 1 aromatic rings. The molecule has 0 aliphatic rings. The number of carbonyl (C=O) groups excluding carboxylic acids is 1. The van der Waals surface area contributed by atoms with E-state index >= 15 is 0 Å². The SMILES string of the molecule is O=C(CCl)c1cccc(I)c1. The van der Waals surface area contributed by atoms with Gasteiger partial charge in [0, 0.05) is 9.13 Å². The normalized spacial score (nSPS) is 9.64. The highest BCUT2D eigenvalue weighted by Gasteiger charge is 2.02. The Morgan fingerprint density at radius 3 is 2.82 bits per heavy atom. The highest BCUT2D eigenvalue weighted by molar-refractivity contribution is 14.1. The fraction of sp³-hybridized carbons (Fsp3) is 0.125. The zero-order valence-corrected chi connectivity index (χ0v) is 8.59. The number of hydrogen-bond acceptors (Lipinski definition) is 1. The van der Waals surface area contributed by atoms with E-state index in [2.05, 4.69) is 22.6 Å². The average Bonchev–Trinajstić information content (AvgIpc) is 2.03. The molecule has 1 rings (SSSR count). The summed E-state index contributed by atoms with van der Waals surface area (Å²) in [5.74, 6) is 0.0327. The van der Waals surface area contributed by atoms with Crippen molar-refractivity contribution < 1.29 is 4.79 Å². The molecule has 0 N–H and O–H groups in total. The van der Waals surface area contributed by atoms with E-state index in [0.717, 1.165) is 3.57 Å². The molecular formula is C8H6ClIO. The molecule has 0 bridgehead atoms. The summed E-state index contributed by atoms with van der Waals surface area (Å²) >= 11 is 7.55. The molecule has 0 spiro atoms. The summed E-state index contributed by atoms with van der Waals surface area (Å²) in [6, 6.07) is 7.38. The summed E-state index contributed by atoms with van der Waals surface area (Å²) in [7, 11) is 0. The number of rotatable bonds is 2. The maximum atomic E-state index is 11.0. The van der Waals surface area contributed by atoms with Crippen molar-refractivity contribution in [3.05, 3.63) is 33.4 Å². The summed E-state index contributed by atoms with van der Waals surface area (Å²) in [5.41, 5.74) is 0.687. The van der Waals surface area contributed by atoms with Crippen LogP contribution in [0.5, 0.6) is 0 Å². The second kappa shape index (κ2) is 4.07. The van der Waals surface area contributed by atoms with E-state index < -0.39 is 0 Å². The minimum atomic E-state index is -0.0230. The monoisotopic (exact) mass is 280 g/mol. The van der Waals surface area contributed by atoms with Gasteiger partial charge in [0.1, 0.15) is 0 Å². The number of benzene rings is 1. The molecule has 1 nitrogen and oxygen atoms in total. The lowest BCUT2D eigenvalue weighted by Gasteiger charge is -1.95. The first kappa shape index (κ1) is 9.00. The van der Waals surface area contributed by atoms with Gasteiger partial charge in [0.25, 0.3) is 0 Å². The zero-order valence-electron chi connectivity index (χ0n) is 5.68. The molecule has 0 saturated carbocycles. The Labute approximate surface area is 83.9 Å². The molecule has 58 valence electrons. The van der Waals surface area contributed by atoms with Crippen LogP contribution >= 0.6 is 34.2 Å². The van der Waals surface area contributed by atoms with Gasteiger partial charge in [0.05, 0.1) is 5.88 Å². The molecule has 0 radical (unpaired) electrons. The lowest BCUT2D eigenvalue weighted by Crippen LogP contribution is -1.99. The maximum absolute atomic E-state index is 11.0. The molecule has 3 heteroatoms. The van der Waals surface area contributed by atoms with Crippen LogP contribution < -0.4 is 0 Å². The minimum Gasteiger partial charge on any atom is -0.293 e. The van der Waals surface area contributed by atoms with Crippen molar-refractivity contribution in [1.29, 1.82) is 0 Å². The quantitative estimate of drug-likeness (QED) is 0.462. The van der Waals surface area contributed by atoms with Crippen LogP contribution in [0.2, 0.25) is 0 Å². The predicted octanol–water partition coefficient (Wildman–Crippen LogP) is 2.71. The third-order valence-electron chi connectivity index (χ3n) is 1.27. The van der Waals surface area contributed by atoms with Crippen LogP contribution in [-0.4, -0.2) is 11.7 Å². The van der Waals surface area contributed by atoms with Crippen LogP contribution in [0.15, 0.2) is 24.3 Å². The molecule has 0 heterocycles. The zero-order chi connectivity index (χ0) is 8.27. The van der Waals surface area contributed by atoms with Crippen molar-refractivity contribution in [1.82, 2.24) is 0 Å². The van der Waals surface area contributed by atoms with Crippen molar-refractivity contribution in [3.8, 4) is 0 Å². The van der Waals surface area contributed by atoms with E-state index in [1.54, 1.807) is 6.07 Å². The Balaban J connectivity index is 2.96. The molecule has 0 aliphatic heterocycles. The number of alkyl halides is 1. The molecular weight excluding hydrogens is 274 g/mol. The fourth-order valence-corrected chi connectivity index (χ4v) is 1.44. The molecule has 11 heavy (non-hydrogen) atoms. The first-order valence-corrected chi connectivity index (χ1v) is 4.70. The van der Waals surface area contributed by atoms with Crippen LogP contribution in [0.4, 0.5) is 0 Å². The van der Waals surface area contributed by atoms with Crippen LogP contribution in [0, 0.1) is 3.57 Å². The summed E-state index contributed by atoms with van der Waals surface area (Å²) in [6.45, 7) is 0. The fourth-order valence-electron chi connectivity index (χ4n) is 0.739. The number of hydrogen-bond donors (Lipinski definition) is 0. The van der Waals surface area contributed by atoms with Gasteiger partial charge in [-0.25, -0.2) is 0 Å². The van der Waals surface area contributed by atoms with Gasteiger partial charge in [-0.15, -0.1) is 11.6 Å². The standard InChI is InChI=1S/C8H6ClIO/c9-5-8(11)6-2-1-3-7(10)4-6/h1-4H,5H2. The number of carbonyl (C=O) groups is 1. The Morgan fingerprint density at radius 2 is 2.27 bits per heavy atom. The predicted molar refractivity (Wildman–Crippen MR) is 54.2 cm³/mol. The van der Waals surface area contributed by atoms with E-state index in [-0.39, 0.29) is 11.7 Å². The van der Waals surface area contributed by atoms with Crippen molar-refractivity contribution in [3.63, 3.8) is 0 Å². The van der Waals surface area contributed by atoms with Crippen LogP contribution in [-0.2, 0) is 0 Å². The van der Waals surface area contributed by atoms with Crippen LogP contribution in [0.25, 0.3) is 0 Å². The molecule has 0 saturated heterocycles. The summed E-state index contributed by atoms with van der Waals surface area (Å²) in [4.78, 5) is 11.0. The topological polar surface area (TPSA) is 17.1 Å². The smallest absolute Gasteiger partial charge is 0.177 e. The van der Waals surface area contributed by atoms with Gasteiger partial charge in [0.2, 0.25) is 0 Å². The molecule has 0 aromatic heterocycles. The van der Waals surface area contributed by atoms with Crippen molar-refractivity contribution in [2.75, 3.05) is 5.88 Å². The Morgan fingerprint density at radius 1 is 1.55 bits per heavy atom. The summed E-state index contributed by atoms with van der Waals surface area (Å²) < 4.78 is 1.05. The third-order valence-corrected chi connectivity index (χ3v) is 2.18. The minimum absolute atomic E-state index is 0.0230. The Kier molecular flexibility index (Phi) is 3.33. The van der Waals surface area contributed by atoms with Gasteiger partial charge in [-0.2, -0.15) is 0 Å². The summed E-state index contributed by atoms with van der Waals surface area (Å²) in [5, 5.41) is 0. The van der Waals surface area contributed by atoms with E-state index in [0.29, 0.717) is 5.56 Å². The lowest BCUT2D eigenvalue weighted by atomic mass is 10.2. The second-order valence-electron chi connectivity index (χ2n) is 2.07. The molecule has 0 atom stereocenters. The second-order valence-corrected chi connectivity index (χ2v) is 3.58. The van der Waals surface area contributed by atoms with Crippen molar-refractivity contribution in [2.45, 2.75) is 0 Å². The van der Waals surface area contributed by atoms with Gasteiger partial charge in [-0.1, -0.05) is 12.1 Å². The van der Waals surface area contributed by atoms with Crippen LogP contribution in [0.3, 0.4) is 0 Å². The first-order valence-electron chi connectivity index (χ1n) is 3.09. The third kappa shape index (κ3) is 2.45. The van der Waals surface area contributed by atoms with Gasteiger partial charge < -0.3 is 0 Å². The maximum Gasteiger partial charge on any atom is 0.177 e. The van der Waals surface area contributed by atoms with Crippen LogP contribution in [0.1, 0.15) is 10.4 Å². The highest BCUT2D eigenvalue weighted by atomic mass is 127. The van der Waals surface area contributed by atoms with E-state index in [4.69, 9.17) is 11.6 Å². The molecule has 1 aromatic carbocycles. The molecule has 0 fully saturated rings. The van der Waals surface area contributed by atoms with Gasteiger partial charge in [-0.05, 0) is 34.7 Å². The van der Waals surface area contributed by atoms with Gasteiger partial charge in [-0.3, -0.25) is 4.79 Å². The number of Topliss-reactive ketones (excluding diaryl/α,β-unsaturated/α-hetero) is 1. The largest absolute Gasteiger partial charge is 0.293 e. The van der Waals surface area contributed by atoms with Gasteiger partial charge >= 0.3 is 0 Å². The molecule has 0 amide bonds.